The maximum Gasteiger partial charge on any atom is 0.221 e. The lowest BCUT2D eigenvalue weighted by atomic mass is 10.4. The molecule has 0 bridgehead atoms. The van der Waals surface area contributed by atoms with Crippen molar-refractivity contribution in [1.82, 2.24) is 10.2 Å². The van der Waals surface area contributed by atoms with Gasteiger partial charge in [-0.25, -0.2) is 0 Å². The van der Waals surface area contributed by atoms with E-state index in [0.717, 1.165) is 19.5 Å². The second kappa shape index (κ2) is 4.06. The van der Waals surface area contributed by atoms with Gasteiger partial charge in [0.2, 0.25) is 6.20 Å². The molecule has 68 valence electrons. The summed E-state index contributed by atoms with van der Waals surface area (Å²) in [6, 6.07) is 0. The molecule has 0 spiro atoms. The molecule has 0 radical (unpaired) electrons. The van der Waals surface area contributed by atoms with Crippen LogP contribution in [0, 0.1) is 0 Å². The molecule has 5 heteroatoms. The lowest BCUT2D eigenvalue weighted by Crippen LogP contribution is -2.36. The second-order valence-corrected chi connectivity index (χ2v) is 2.94. The fourth-order valence-electron chi connectivity index (χ4n) is 0.916. The molecular weight excluding hydrogens is 158 g/mol. The van der Waals surface area contributed by atoms with E-state index in [-0.39, 0.29) is 5.95 Å². The number of aryl methyl sites for hydroxylation is 1. The van der Waals surface area contributed by atoms with Crippen molar-refractivity contribution in [3.05, 3.63) is 6.20 Å². The van der Waals surface area contributed by atoms with E-state index >= 15 is 0 Å². The first-order valence-electron chi connectivity index (χ1n) is 3.86. The summed E-state index contributed by atoms with van der Waals surface area (Å²) in [5.74, 6) is -0.389. The van der Waals surface area contributed by atoms with Crippen LogP contribution in [-0.4, -0.2) is 30.8 Å². The Morgan fingerprint density at radius 1 is 1.67 bits per heavy atom. The normalized spacial score (nSPS) is 10.9. The Balaban J connectivity index is 2.24. The average molecular weight is 171 g/mol. The van der Waals surface area contributed by atoms with Crippen molar-refractivity contribution in [3.8, 4) is 5.95 Å². The van der Waals surface area contributed by atoms with Crippen LogP contribution >= 0.6 is 0 Å². The van der Waals surface area contributed by atoms with Gasteiger partial charge in [0.05, 0.1) is 5.27 Å². The van der Waals surface area contributed by atoms with E-state index < -0.39 is 0 Å². The summed E-state index contributed by atoms with van der Waals surface area (Å²) in [6.45, 7) is 1.71. The van der Waals surface area contributed by atoms with E-state index in [4.69, 9.17) is 0 Å². The highest BCUT2D eigenvalue weighted by molar-refractivity contribution is 4.80. The molecule has 0 aromatic carbocycles. The molecule has 0 amide bonds. The summed E-state index contributed by atoms with van der Waals surface area (Å²) in [7, 11) is 4.01. The van der Waals surface area contributed by atoms with Crippen LogP contribution in [0.2, 0.25) is 0 Å². The third-order valence-corrected chi connectivity index (χ3v) is 1.48. The van der Waals surface area contributed by atoms with E-state index in [2.05, 4.69) is 14.7 Å². The highest BCUT2D eigenvalue weighted by Gasteiger charge is 2.02. The van der Waals surface area contributed by atoms with Gasteiger partial charge in [-0.3, -0.25) is 0 Å². The van der Waals surface area contributed by atoms with E-state index in [1.807, 2.05) is 14.1 Å². The van der Waals surface area contributed by atoms with Crippen LogP contribution in [0.25, 0.3) is 0 Å². The third-order valence-electron chi connectivity index (χ3n) is 1.48. The summed E-state index contributed by atoms with van der Waals surface area (Å²) in [6.07, 6.45) is 2.32. The van der Waals surface area contributed by atoms with Crippen molar-refractivity contribution in [3.63, 3.8) is 0 Å². The predicted molar refractivity (Wildman–Crippen MR) is 39.3 cm³/mol. The van der Waals surface area contributed by atoms with Crippen molar-refractivity contribution >= 4 is 0 Å². The van der Waals surface area contributed by atoms with E-state index in [9.17, 15) is 5.11 Å². The van der Waals surface area contributed by atoms with E-state index in [1.165, 1.54) is 10.9 Å². The van der Waals surface area contributed by atoms with Crippen LogP contribution in [-0.2, 0) is 6.54 Å². The molecule has 0 saturated carbocycles. The first kappa shape index (κ1) is 8.99. The van der Waals surface area contributed by atoms with Crippen LogP contribution in [0.5, 0.6) is 5.95 Å². The first-order valence-corrected chi connectivity index (χ1v) is 3.86. The number of aromatic nitrogens is 2. The minimum Gasteiger partial charge on any atom is -0.539 e. The monoisotopic (exact) mass is 171 g/mol. The fraction of sp³-hybridized carbons (Fsp3) is 0.714. The zero-order valence-corrected chi connectivity index (χ0v) is 7.36. The standard InChI is InChI=1S/C7H13N3O2/c1-9(2)4-3-5-10-6-7(11)12-8-10/h6H,3-5H2,1-2H3. The van der Waals surface area contributed by atoms with Crippen LogP contribution < -0.4 is 9.79 Å². The summed E-state index contributed by atoms with van der Waals surface area (Å²) < 4.78 is 5.89. The van der Waals surface area contributed by atoms with Gasteiger partial charge in [0.1, 0.15) is 5.95 Å². The molecular formula is C7H13N3O2. The summed E-state index contributed by atoms with van der Waals surface area (Å²) in [5.41, 5.74) is 0. The minimum absolute atomic E-state index is 0.389. The van der Waals surface area contributed by atoms with Crippen molar-refractivity contribution in [2.75, 3.05) is 20.6 Å². The van der Waals surface area contributed by atoms with Crippen molar-refractivity contribution in [1.29, 1.82) is 0 Å². The van der Waals surface area contributed by atoms with Crippen LogP contribution in [0.1, 0.15) is 6.42 Å². The molecule has 5 nitrogen and oxygen atoms in total. The second-order valence-electron chi connectivity index (χ2n) is 2.94. The minimum atomic E-state index is -0.389. The molecule has 0 atom stereocenters. The summed E-state index contributed by atoms with van der Waals surface area (Å²) >= 11 is 0. The van der Waals surface area contributed by atoms with Gasteiger partial charge in [-0.05, 0) is 14.1 Å². The van der Waals surface area contributed by atoms with Gasteiger partial charge in [0.25, 0.3) is 0 Å². The number of hydrogen-bond donors (Lipinski definition) is 0. The average Bonchev–Trinajstić information content (AvgIpc) is 2.35. The lowest BCUT2D eigenvalue weighted by molar-refractivity contribution is -0.762. The number of nitrogens with zero attached hydrogens (tertiary/aromatic N) is 3. The molecule has 1 aromatic heterocycles. The van der Waals surface area contributed by atoms with Crippen molar-refractivity contribution in [2.24, 2.45) is 0 Å². The quantitative estimate of drug-likeness (QED) is 0.544. The van der Waals surface area contributed by atoms with Crippen LogP contribution in [0.15, 0.2) is 10.7 Å². The summed E-state index contributed by atoms with van der Waals surface area (Å²) in [5, 5.41) is 14.1. The van der Waals surface area contributed by atoms with Gasteiger partial charge in [-0.2, -0.15) is 0 Å². The Morgan fingerprint density at radius 2 is 2.42 bits per heavy atom. The zero-order chi connectivity index (χ0) is 8.97. The Morgan fingerprint density at radius 3 is 2.92 bits per heavy atom. The molecule has 1 heterocycles. The molecule has 1 rings (SSSR count). The van der Waals surface area contributed by atoms with Gasteiger partial charge in [0, 0.05) is 13.0 Å². The Labute approximate surface area is 71.2 Å². The molecule has 0 fully saturated rings. The van der Waals surface area contributed by atoms with Crippen LogP contribution in [0.3, 0.4) is 0 Å². The molecule has 0 N–H and O–H groups in total. The highest BCUT2D eigenvalue weighted by Crippen LogP contribution is 1.93. The molecule has 0 unspecified atom stereocenters. The van der Waals surface area contributed by atoms with Crippen LogP contribution in [0.4, 0.5) is 0 Å². The molecule has 12 heavy (non-hydrogen) atoms. The topological polar surface area (TPSA) is 56.2 Å². The van der Waals surface area contributed by atoms with E-state index in [0.29, 0.717) is 0 Å². The largest absolute Gasteiger partial charge is 0.539 e. The smallest absolute Gasteiger partial charge is 0.221 e. The maximum atomic E-state index is 10.5. The van der Waals surface area contributed by atoms with Gasteiger partial charge in [-0.1, -0.05) is 4.68 Å². The highest BCUT2D eigenvalue weighted by atomic mass is 16.6. The molecule has 0 aliphatic heterocycles. The zero-order valence-electron chi connectivity index (χ0n) is 7.36. The van der Waals surface area contributed by atoms with Crippen molar-refractivity contribution < 1.29 is 14.3 Å². The van der Waals surface area contributed by atoms with Gasteiger partial charge in [-0.15, -0.1) is 0 Å². The Kier molecular flexibility index (Phi) is 3.04. The Bertz CT molecular complexity index is 234. The van der Waals surface area contributed by atoms with Crippen molar-refractivity contribution in [2.45, 2.75) is 13.0 Å². The Hall–Kier alpha value is -1.10. The molecule has 1 aromatic rings. The molecule has 0 aliphatic carbocycles. The van der Waals surface area contributed by atoms with Gasteiger partial charge in [0.15, 0.2) is 6.54 Å². The van der Waals surface area contributed by atoms with Gasteiger partial charge < -0.3 is 14.5 Å². The molecule has 0 saturated heterocycles. The third kappa shape index (κ3) is 2.87. The molecule has 0 aliphatic rings. The first-order chi connectivity index (χ1) is 5.68. The summed E-state index contributed by atoms with van der Waals surface area (Å²) in [4.78, 5) is 2.08. The lowest BCUT2D eigenvalue weighted by Gasteiger charge is -2.05. The van der Waals surface area contributed by atoms with Gasteiger partial charge >= 0.3 is 0 Å². The number of rotatable bonds is 4. The SMILES string of the molecule is CN(C)CCC[n+]1cc([O-])on1. The predicted octanol–water partition coefficient (Wildman–Crippen LogP) is -1.01. The number of hydrogen-bond acceptors (Lipinski definition) is 4. The maximum absolute atomic E-state index is 10.5. The van der Waals surface area contributed by atoms with E-state index in [1.54, 1.807) is 0 Å². The fourth-order valence-corrected chi connectivity index (χ4v) is 0.916.